The van der Waals surface area contributed by atoms with E-state index >= 15 is 0 Å². The molecule has 10 heteroatoms. The van der Waals surface area contributed by atoms with Gasteiger partial charge in [-0.05, 0) is 73.6 Å². The molecule has 2 aliphatic heterocycles. The fraction of sp³-hybridized carbons (Fsp3) is 0.429. The van der Waals surface area contributed by atoms with Crippen molar-refractivity contribution in [3.8, 4) is 0 Å². The van der Waals surface area contributed by atoms with E-state index in [-0.39, 0.29) is 36.3 Å². The van der Waals surface area contributed by atoms with E-state index in [1.54, 1.807) is 29.2 Å². The molecule has 2 aromatic carbocycles. The summed E-state index contributed by atoms with van der Waals surface area (Å²) in [6.07, 6.45) is 2.00. The molecular formula is C28H31FN4O5. The number of hydrogen-bond acceptors (Lipinski definition) is 5. The van der Waals surface area contributed by atoms with Gasteiger partial charge in [0.2, 0.25) is 11.5 Å². The lowest BCUT2D eigenvalue weighted by Gasteiger charge is -2.31. The number of nitrogens with one attached hydrogen (secondary N) is 2. The number of fused-ring (bicyclic) bond motifs is 2. The molecule has 38 heavy (non-hydrogen) atoms. The van der Waals surface area contributed by atoms with E-state index in [9.17, 15) is 23.6 Å². The molecule has 0 aromatic heterocycles. The van der Waals surface area contributed by atoms with Crippen LogP contribution in [-0.2, 0) is 32.8 Å². The first-order valence-electron chi connectivity index (χ1n) is 12.9. The Morgan fingerprint density at radius 3 is 2.68 bits per heavy atom. The Bertz CT molecular complexity index is 1330. The van der Waals surface area contributed by atoms with E-state index in [0.717, 1.165) is 28.0 Å². The third-order valence-electron chi connectivity index (χ3n) is 7.94. The number of imide groups is 1. The summed E-state index contributed by atoms with van der Waals surface area (Å²) in [5.74, 6) is -1.23. The quantitative estimate of drug-likeness (QED) is 0.617. The minimum Gasteiger partial charge on any atom is -0.427 e. The zero-order valence-corrected chi connectivity index (χ0v) is 21.7. The molecule has 0 bridgehead atoms. The SMILES string of the molecule is CCc1cc(F)ccc1[C@@H]1CC[C@H](C)N1C(=O)CN1C(=O)O[C@@]2(CCc3cc(NC(=O)NC)ccc32)C1=O. The monoisotopic (exact) mass is 522 g/mol. The number of likely N-dealkylation sites (tertiary alicyclic amines) is 1. The fourth-order valence-electron chi connectivity index (χ4n) is 6.06. The number of urea groups is 1. The minimum absolute atomic E-state index is 0.0941. The highest BCUT2D eigenvalue weighted by Crippen LogP contribution is 2.46. The van der Waals surface area contributed by atoms with Crippen LogP contribution in [0.5, 0.6) is 0 Å². The summed E-state index contributed by atoms with van der Waals surface area (Å²) in [6, 6.07) is 9.01. The Balaban J connectivity index is 1.37. The Morgan fingerprint density at radius 2 is 1.95 bits per heavy atom. The van der Waals surface area contributed by atoms with Crippen LogP contribution in [0.4, 0.5) is 19.7 Å². The first-order valence-corrected chi connectivity index (χ1v) is 12.9. The number of rotatable bonds is 5. The van der Waals surface area contributed by atoms with Crippen molar-refractivity contribution in [1.29, 1.82) is 0 Å². The molecule has 3 atom stereocenters. The smallest absolute Gasteiger partial charge is 0.418 e. The van der Waals surface area contributed by atoms with Crippen LogP contribution >= 0.6 is 0 Å². The van der Waals surface area contributed by atoms with Gasteiger partial charge >= 0.3 is 12.1 Å². The van der Waals surface area contributed by atoms with E-state index in [2.05, 4.69) is 10.6 Å². The number of amides is 5. The zero-order chi connectivity index (χ0) is 27.2. The van der Waals surface area contributed by atoms with Crippen LogP contribution in [0.25, 0.3) is 0 Å². The Kier molecular flexibility index (Phi) is 6.58. The third-order valence-corrected chi connectivity index (χ3v) is 7.94. The van der Waals surface area contributed by atoms with Gasteiger partial charge in [0, 0.05) is 30.8 Å². The van der Waals surface area contributed by atoms with Crippen LogP contribution in [-0.4, -0.2) is 53.4 Å². The molecular weight excluding hydrogens is 491 g/mol. The maximum Gasteiger partial charge on any atom is 0.418 e. The Morgan fingerprint density at radius 1 is 1.16 bits per heavy atom. The lowest BCUT2D eigenvalue weighted by molar-refractivity contribution is -0.143. The molecule has 9 nitrogen and oxygen atoms in total. The maximum atomic E-state index is 13.9. The number of aryl methyl sites for hydroxylation is 2. The first kappa shape index (κ1) is 25.7. The van der Waals surface area contributed by atoms with Gasteiger partial charge in [0.25, 0.3) is 5.91 Å². The van der Waals surface area contributed by atoms with Gasteiger partial charge in [0.15, 0.2) is 0 Å². The van der Waals surface area contributed by atoms with E-state index in [1.165, 1.54) is 19.2 Å². The van der Waals surface area contributed by atoms with Gasteiger partial charge in [-0.3, -0.25) is 9.59 Å². The van der Waals surface area contributed by atoms with Gasteiger partial charge in [-0.1, -0.05) is 19.1 Å². The lowest BCUT2D eigenvalue weighted by atomic mass is 9.94. The van der Waals surface area contributed by atoms with E-state index in [1.807, 2.05) is 13.8 Å². The van der Waals surface area contributed by atoms with Crippen LogP contribution in [0.15, 0.2) is 36.4 Å². The second-order valence-corrected chi connectivity index (χ2v) is 10.1. The van der Waals surface area contributed by atoms with Crippen molar-refractivity contribution in [2.24, 2.45) is 0 Å². The zero-order valence-electron chi connectivity index (χ0n) is 21.7. The van der Waals surface area contributed by atoms with Crippen molar-refractivity contribution in [3.05, 3.63) is 64.5 Å². The molecule has 2 saturated heterocycles. The molecule has 5 rings (SSSR count). The second-order valence-electron chi connectivity index (χ2n) is 10.1. The first-order chi connectivity index (χ1) is 18.2. The van der Waals surface area contributed by atoms with Crippen molar-refractivity contribution in [2.45, 2.75) is 63.6 Å². The number of anilines is 1. The molecule has 1 spiro atoms. The summed E-state index contributed by atoms with van der Waals surface area (Å²) in [5, 5.41) is 5.18. The highest BCUT2D eigenvalue weighted by molar-refractivity contribution is 6.06. The number of carbonyl (C=O) groups excluding carboxylic acids is 4. The molecule has 3 aliphatic rings. The average molecular weight is 523 g/mol. The summed E-state index contributed by atoms with van der Waals surface area (Å²) in [4.78, 5) is 54.4. The molecule has 1 aliphatic carbocycles. The number of nitrogens with zero attached hydrogens (tertiary/aromatic N) is 2. The van der Waals surface area contributed by atoms with Crippen molar-refractivity contribution in [2.75, 3.05) is 18.9 Å². The topological polar surface area (TPSA) is 108 Å². The van der Waals surface area contributed by atoms with Crippen LogP contribution in [0.2, 0.25) is 0 Å². The summed E-state index contributed by atoms with van der Waals surface area (Å²) in [5.41, 5.74) is 2.19. The van der Waals surface area contributed by atoms with Crippen molar-refractivity contribution in [3.63, 3.8) is 0 Å². The Labute approximate surface area is 220 Å². The molecule has 2 heterocycles. The largest absolute Gasteiger partial charge is 0.427 e. The van der Waals surface area contributed by atoms with E-state index < -0.39 is 24.1 Å². The second kappa shape index (κ2) is 9.74. The molecule has 200 valence electrons. The van der Waals surface area contributed by atoms with Crippen LogP contribution in [0.3, 0.4) is 0 Å². The molecule has 0 radical (unpaired) electrons. The average Bonchev–Trinajstić information content (AvgIpc) is 3.53. The number of ether oxygens (including phenoxy) is 1. The van der Waals surface area contributed by atoms with E-state index in [0.29, 0.717) is 30.5 Å². The number of benzene rings is 2. The van der Waals surface area contributed by atoms with Gasteiger partial charge in [-0.15, -0.1) is 0 Å². The minimum atomic E-state index is -1.47. The molecule has 2 N–H and O–H groups in total. The molecule has 0 saturated carbocycles. The summed E-state index contributed by atoms with van der Waals surface area (Å²) in [7, 11) is 1.51. The summed E-state index contributed by atoms with van der Waals surface area (Å²) >= 11 is 0. The summed E-state index contributed by atoms with van der Waals surface area (Å²) in [6.45, 7) is 3.46. The molecule has 2 fully saturated rings. The molecule has 2 aromatic rings. The number of carbonyl (C=O) groups is 4. The Hall–Kier alpha value is -3.95. The normalized spacial score (nSPS) is 24.1. The van der Waals surface area contributed by atoms with E-state index in [4.69, 9.17) is 4.74 Å². The standard InChI is InChI=1S/C28H31FN4O5/c1-4-17-13-19(29)6-8-21(17)23-10-5-16(2)33(23)24(34)15-32-25(35)28(38-27(32)37)12-11-18-14-20(7-9-22(18)28)31-26(36)30-3/h6-9,13-14,16,23H,4-5,10-12,15H2,1-3H3,(H2,30,31,36)/t16-,23-,28+/m0/s1. The molecule has 0 unspecified atom stereocenters. The molecule has 5 amide bonds. The van der Waals surface area contributed by atoms with Crippen molar-refractivity contribution >= 4 is 29.6 Å². The van der Waals surface area contributed by atoms with Gasteiger partial charge < -0.3 is 20.3 Å². The van der Waals surface area contributed by atoms with Gasteiger partial charge in [-0.2, -0.15) is 0 Å². The summed E-state index contributed by atoms with van der Waals surface area (Å²) < 4.78 is 19.5. The van der Waals surface area contributed by atoms with Crippen LogP contribution < -0.4 is 10.6 Å². The predicted molar refractivity (Wildman–Crippen MR) is 137 cm³/mol. The van der Waals surface area contributed by atoms with Crippen LogP contribution in [0.1, 0.15) is 61.4 Å². The van der Waals surface area contributed by atoms with Gasteiger partial charge in [0.1, 0.15) is 12.4 Å². The highest BCUT2D eigenvalue weighted by atomic mass is 19.1. The maximum absolute atomic E-state index is 13.9. The van der Waals surface area contributed by atoms with Crippen LogP contribution in [0, 0.1) is 5.82 Å². The lowest BCUT2D eigenvalue weighted by Crippen LogP contribution is -2.46. The van der Waals surface area contributed by atoms with Gasteiger partial charge in [0.05, 0.1) is 6.04 Å². The van der Waals surface area contributed by atoms with Gasteiger partial charge in [-0.25, -0.2) is 18.9 Å². The number of halogens is 1. The third kappa shape index (κ3) is 4.17. The predicted octanol–water partition coefficient (Wildman–Crippen LogP) is 4.01. The van der Waals surface area contributed by atoms with Crippen molar-refractivity contribution < 1.29 is 28.3 Å². The highest BCUT2D eigenvalue weighted by Gasteiger charge is 2.58. The van der Waals surface area contributed by atoms with Crippen molar-refractivity contribution in [1.82, 2.24) is 15.1 Å². The number of hydrogen-bond donors (Lipinski definition) is 2. The fourth-order valence-corrected chi connectivity index (χ4v) is 6.06.